The summed E-state index contributed by atoms with van der Waals surface area (Å²) >= 11 is 2.66. The maximum absolute atomic E-state index is 13.3. The average molecular weight is 477 g/mol. The van der Waals surface area contributed by atoms with E-state index in [0.717, 1.165) is 45.0 Å². The van der Waals surface area contributed by atoms with Crippen molar-refractivity contribution in [2.45, 2.75) is 55.7 Å². The van der Waals surface area contributed by atoms with Crippen molar-refractivity contribution in [2.24, 2.45) is 0 Å². The first kappa shape index (κ1) is 21.0. The fraction of sp³-hybridized carbons (Fsp3) is 0.476. The van der Waals surface area contributed by atoms with Gasteiger partial charge >= 0.3 is 0 Å². The van der Waals surface area contributed by atoms with E-state index in [1.54, 1.807) is 17.5 Å². The van der Waals surface area contributed by atoms with Gasteiger partial charge in [-0.25, -0.2) is 23.1 Å². The Bertz CT molecular complexity index is 1240. The Balaban J connectivity index is 1.30. The minimum atomic E-state index is -3.49. The molecule has 2 fully saturated rings. The molecule has 7 nitrogen and oxygen atoms in total. The Morgan fingerprint density at radius 1 is 1.16 bits per heavy atom. The number of piperidine rings is 1. The minimum Gasteiger partial charge on any atom is -0.338 e. The van der Waals surface area contributed by atoms with Crippen molar-refractivity contribution < 1.29 is 13.2 Å². The number of nitrogens with one attached hydrogen (secondary N) is 1. The van der Waals surface area contributed by atoms with Gasteiger partial charge in [-0.3, -0.25) is 4.79 Å². The molecule has 1 amide bonds. The standard InChI is InChI=1S/C21H24N4O3S3/c1-12-17-13(2)22-19(14-5-6-14)23-20(17)30-18(12)21(26)25-9-7-15(8-10-25)24-31(27,28)16-4-3-11-29-16/h3-4,11,14-15,24H,5-10H2,1-2H3. The third-order valence-electron chi connectivity index (χ3n) is 5.99. The number of carbonyl (C=O) groups excluding carboxylic acids is 1. The molecule has 0 unspecified atom stereocenters. The Morgan fingerprint density at radius 2 is 1.90 bits per heavy atom. The van der Waals surface area contributed by atoms with Crippen molar-refractivity contribution in [2.75, 3.05) is 13.1 Å². The molecule has 1 N–H and O–H groups in total. The highest BCUT2D eigenvalue weighted by Crippen LogP contribution is 2.40. The highest BCUT2D eigenvalue weighted by molar-refractivity contribution is 7.91. The van der Waals surface area contributed by atoms with Crippen LogP contribution in [0.1, 0.15) is 58.4 Å². The van der Waals surface area contributed by atoms with Gasteiger partial charge in [0, 0.05) is 30.4 Å². The SMILES string of the molecule is Cc1nc(C2CC2)nc2sc(C(=O)N3CCC(NS(=O)(=O)c4cccs4)CC3)c(C)c12. The van der Waals surface area contributed by atoms with Gasteiger partial charge in [-0.2, -0.15) is 0 Å². The fourth-order valence-electron chi connectivity index (χ4n) is 4.13. The normalized spacial score (nSPS) is 18.1. The van der Waals surface area contributed by atoms with Crippen molar-refractivity contribution in [3.8, 4) is 0 Å². The Morgan fingerprint density at radius 3 is 2.55 bits per heavy atom. The molecule has 0 bridgehead atoms. The number of hydrogen-bond donors (Lipinski definition) is 1. The zero-order valence-corrected chi connectivity index (χ0v) is 19.9. The van der Waals surface area contributed by atoms with Crippen molar-refractivity contribution in [1.29, 1.82) is 0 Å². The van der Waals surface area contributed by atoms with E-state index in [2.05, 4.69) is 9.71 Å². The monoisotopic (exact) mass is 476 g/mol. The lowest BCUT2D eigenvalue weighted by atomic mass is 10.1. The van der Waals surface area contributed by atoms with E-state index in [1.165, 1.54) is 22.7 Å². The predicted molar refractivity (Wildman–Crippen MR) is 122 cm³/mol. The Kier molecular flexibility index (Phi) is 5.36. The largest absolute Gasteiger partial charge is 0.338 e. The van der Waals surface area contributed by atoms with Crippen LogP contribution >= 0.6 is 22.7 Å². The Labute approximate surface area is 189 Å². The molecule has 10 heteroatoms. The summed E-state index contributed by atoms with van der Waals surface area (Å²) < 4.78 is 28.0. The summed E-state index contributed by atoms with van der Waals surface area (Å²) in [6, 6.07) is 3.18. The van der Waals surface area contributed by atoms with E-state index in [4.69, 9.17) is 4.98 Å². The Hall–Kier alpha value is -1.88. The van der Waals surface area contributed by atoms with Gasteiger partial charge in [-0.15, -0.1) is 22.7 Å². The second kappa shape index (κ2) is 7.91. The number of sulfonamides is 1. The number of aryl methyl sites for hydroxylation is 2. The highest BCUT2D eigenvalue weighted by Gasteiger charge is 2.31. The van der Waals surface area contributed by atoms with Gasteiger partial charge < -0.3 is 4.90 Å². The van der Waals surface area contributed by atoms with Crippen LogP contribution in [0.15, 0.2) is 21.7 Å². The van der Waals surface area contributed by atoms with Gasteiger partial charge in [-0.05, 0) is 56.5 Å². The summed E-state index contributed by atoms with van der Waals surface area (Å²) in [5.41, 5.74) is 1.90. The molecule has 4 heterocycles. The highest BCUT2D eigenvalue weighted by atomic mass is 32.2. The molecule has 0 spiro atoms. The zero-order chi connectivity index (χ0) is 21.8. The maximum atomic E-state index is 13.3. The van der Waals surface area contributed by atoms with Crippen LogP contribution in [0.5, 0.6) is 0 Å². The first-order chi connectivity index (χ1) is 14.8. The van der Waals surface area contributed by atoms with Crippen molar-refractivity contribution in [1.82, 2.24) is 19.6 Å². The van der Waals surface area contributed by atoms with Gasteiger partial charge in [0.25, 0.3) is 5.91 Å². The van der Waals surface area contributed by atoms with Gasteiger partial charge in [0.15, 0.2) is 0 Å². The third-order valence-corrected chi connectivity index (χ3v) is 10.1. The number of thiophene rings is 2. The lowest BCUT2D eigenvalue weighted by Gasteiger charge is -2.32. The molecular formula is C21H24N4O3S3. The molecule has 31 heavy (non-hydrogen) atoms. The third kappa shape index (κ3) is 4.02. The van der Waals surface area contributed by atoms with Crippen LogP contribution in [-0.4, -0.2) is 48.3 Å². The molecule has 1 saturated heterocycles. The van der Waals surface area contributed by atoms with Crippen LogP contribution in [0.4, 0.5) is 0 Å². The summed E-state index contributed by atoms with van der Waals surface area (Å²) in [5.74, 6) is 1.39. The quantitative estimate of drug-likeness (QED) is 0.604. The van der Waals surface area contributed by atoms with Crippen LogP contribution in [0.25, 0.3) is 10.2 Å². The molecular weight excluding hydrogens is 452 g/mol. The summed E-state index contributed by atoms with van der Waals surface area (Å²) in [6.45, 7) is 5.03. The zero-order valence-electron chi connectivity index (χ0n) is 17.4. The van der Waals surface area contributed by atoms with E-state index >= 15 is 0 Å². The number of hydrogen-bond acceptors (Lipinski definition) is 7. The van der Waals surface area contributed by atoms with E-state index in [9.17, 15) is 13.2 Å². The topological polar surface area (TPSA) is 92.3 Å². The number of fused-ring (bicyclic) bond motifs is 1. The summed E-state index contributed by atoms with van der Waals surface area (Å²) in [4.78, 5) is 26.1. The van der Waals surface area contributed by atoms with Crippen LogP contribution in [0, 0.1) is 13.8 Å². The van der Waals surface area contributed by atoms with Gasteiger partial charge in [0.1, 0.15) is 14.9 Å². The number of carbonyl (C=O) groups is 1. The van der Waals surface area contributed by atoms with Crippen LogP contribution in [0.2, 0.25) is 0 Å². The lowest BCUT2D eigenvalue weighted by Crippen LogP contribution is -2.46. The number of likely N-dealkylation sites (tertiary alicyclic amines) is 1. The molecule has 3 aromatic rings. The van der Waals surface area contributed by atoms with E-state index in [0.29, 0.717) is 36.1 Å². The number of aromatic nitrogens is 2. The molecule has 1 aliphatic heterocycles. The van der Waals surface area contributed by atoms with E-state index in [1.807, 2.05) is 18.7 Å². The summed E-state index contributed by atoms with van der Waals surface area (Å²) in [5, 5.41) is 2.75. The van der Waals surface area contributed by atoms with Crippen molar-refractivity contribution in [3.63, 3.8) is 0 Å². The van der Waals surface area contributed by atoms with E-state index < -0.39 is 10.0 Å². The molecule has 0 atom stereocenters. The summed E-state index contributed by atoms with van der Waals surface area (Å²) in [6.07, 6.45) is 3.49. The molecule has 0 radical (unpaired) electrons. The summed E-state index contributed by atoms with van der Waals surface area (Å²) in [7, 11) is -3.49. The van der Waals surface area contributed by atoms with Crippen LogP contribution < -0.4 is 4.72 Å². The molecule has 1 saturated carbocycles. The van der Waals surface area contributed by atoms with Crippen molar-refractivity contribution >= 4 is 48.8 Å². The van der Waals surface area contributed by atoms with Gasteiger partial charge in [0.05, 0.1) is 10.6 Å². The number of nitrogens with zero attached hydrogens (tertiary/aromatic N) is 3. The minimum absolute atomic E-state index is 0.00689. The molecule has 5 rings (SSSR count). The average Bonchev–Trinajstić information content (AvgIpc) is 3.31. The van der Waals surface area contributed by atoms with Crippen molar-refractivity contribution in [3.05, 3.63) is 39.5 Å². The van der Waals surface area contributed by atoms with Gasteiger partial charge in [0.2, 0.25) is 10.0 Å². The predicted octanol–water partition coefficient (Wildman–Crippen LogP) is 3.83. The molecule has 0 aromatic carbocycles. The van der Waals surface area contributed by atoms with Crippen LogP contribution in [-0.2, 0) is 10.0 Å². The second-order valence-electron chi connectivity index (χ2n) is 8.30. The lowest BCUT2D eigenvalue weighted by molar-refractivity contribution is 0.0715. The second-order valence-corrected chi connectivity index (χ2v) is 12.2. The first-order valence-corrected chi connectivity index (χ1v) is 13.6. The van der Waals surface area contributed by atoms with Crippen LogP contribution in [0.3, 0.4) is 0 Å². The molecule has 3 aromatic heterocycles. The smallest absolute Gasteiger partial charge is 0.264 e. The molecule has 1 aliphatic carbocycles. The maximum Gasteiger partial charge on any atom is 0.264 e. The number of rotatable bonds is 5. The fourth-order valence-corrected chi connectivity index (χ4v) is 7.65. The number of amides is 1. The first-order valence-electron chi connectivity index (χ1n) is 10.5. The van der Waals surface area contributed by atoms with E-state index in [-0.39, 0.29) is 11.9 Å². The van der Waals surface area contributed by atoms with Gasteiger partial charge in [-0.1, -0.05) is 6.07 Å². The molecule has 164 valence electrons. The molecule has 2 aliphatic rings.